The Morgan fingerprint density at radius 2 is 1.94 bits per heavy atom. The number of hydrogen-bond acceptors (Lipinski definition) is 5. The summed E-state index contributed by atoms with van der Waals surface area (Å²) < 4.78 is 7.70. The van der Waals surface area contributed by atoms with Crippen LogP contribution in [0.15, 0.2) is 71.1 Å². The van der Waals surface area contributed by atoms with Crippen LogP contribution in [0.25, 0.3) is 10.2 Å². The van der Waals surface area contributed by atoms with Crippen molar-refractivity contribution >= 4 is 68.1 Å². The van der Waals surface area contributed by atoms with Crippen molar-refractivity contribution in [2.45, 2.75) is 23.1 Å². The molecule has 4 nitrogen and oxygen atoms in total. The van der Waals surface area contributed by atoms with E-state index in [0.717, 1.165) is 20.3 Å². The van der Waals surface area contributed by atoms with Gasteiger partial charge in [-0.25, -0.2) is 4.98 Å². The maximum absolute atomic E-state index is 12.6. The molecule has 1 N–H and O–H groups in total. The number of thiazole rings is 1. The van der Waals surface area contributed by atoms with Crippen molar-refractivity contribution in [3.05, 3.63) is 82.3 Å². The first-order valence-electron chi connectivity index (χ1n) is 9.48. The summed E-state index contributed by atoms with van der Waals surface area (Å²) in [6.07, 6.45) is -0.729. The lowest BCUT2D eigenvalue weighted by Gasteiger charge is -2.15. The second kappa shape index (κ2) is 9.92. The predicted molar refractivity (Wildman–Crippen MR) is 131 cm³/mol. The van der Waals surface area contributed by atoms with Crippen molar-refractivity contribution in [2.75, 3.05) is 5.32 Å². The Labute approximate surface area is 198 Å². The van der Waals surface area contributed by atoms with E-state index in [1.54, 1.807) is 48.2 Å². The smallest absolute Gasteiger partial charge is 0.265 e. The van der Waals surface area contributed by atoms with Crippen molar-refractivity contribution in [3.8, 4) is 5.75 Å². The fraction of sp³-hybridized carbons (Fsp3) is 0.130. The summed E-state index contributed by atoms with van der Waals surface area (Å²) in [5, 5.41) is 3.76. The molecule has 4 rings (SSSR count). The molecule has 1 heterocycles. The van der Waals surface area contributed by atoms with E-state index in [0.29, 0.717) is 21.5 Å². The summed E-state index contributed by atoms with van der Waals surface area (Å²) in [7, 11) is 0. The number of carbonyl (C=O) groups excluding carboxylic acids is 1. The van der Waals surface area contributed by atoms with Crippen molar-refractivity contribution < 1.29 is 9.53 Å². The van der Waals surface area contributed by atoms with Gasteiger partial charge in [0.15, 0.2) is 10.4 Å². The molecule has 0 aliphatic heterocycles. The zero-order valence-corrected chi connectivity index (χ0v) is 19.6. The summed E-state index contributed by atoms with van der Waals surface area (Å²) in [5.74, 6) is 1.01. The fourth-order valence-electron chi connectivity index (χ4n) is 2.82. The van der Waals surface area contributed by atoms with E-state index in [4.69, 9.17) is 27.9 Å². The number of benzene rings is 3. The van der Waals surface area contributed by atoms with Crippen LogP contribution < -0.4 is 10.1 Å². The number of thioether (sulfide) groups is 1. The minimum Gasteiger partial charge on any atom is -0.479 e. The third-order valence-corrected chi connectivity index (χ3v) is 7.17. The van der Waals surface area contributed by atoms with E-state index in [1.807, 2.05) is 36.4 Å². The van der Waals surface area contributed by atoms with Gasteiger partial charge in [0.1, 0.15) is 5.75 Å². The summed E-state index contributed by atoms with van der Waals surface area (Å²) in [5.41, 5.74) is 2.86. The van der Waals surface area contributed by atoms with Gasteiger partial charge in [-0.05, 0) is 48.9 Å². The van der Waals surface area contributed by atoms with E-state index in [1.165, 1.54) is 5.56 Å². The van der Waals surface area contributed by atoms with Gasteiger partial charge in [-0.3, -0.25) is 4.79 Å². The van der Waals surface area contributed by atoms with E-state index < -0.39 is 6.10 Å². The normalized spacial score (nSPS) is 12.0. The molecule has 0 radical (unpaired) electrons. The molecule has 0 saturated carbocycles. The molecule has 0 fully saturated rings. The molecule has 4 aromatic rings. The lowest BCUT2D eigenvalue weighted by atomic mass is 10.2. The van der Waals surface area contributed by atoms with Crippen LogP contribution in [0.2, 0.25) is 10.0 Å². The van der Waals surface area contributed by atoms with Crippen LogP contribution in [-0.2, 0) is 10.5 Å². The number of fused-ring (bicyclic) bond motifs is 1. The Morgan fingerprint density at radius 3 is 2.71 bits per heavy atom. The minimum absolute atomic E-state index is 0.270. The minimum atomic E-state index is -0.729. The number of rotatable bonds is 7. The molecular formula is C23H18Cl2N2O2S2. The number of ether oxygens (including phenoxy) is 1. The molecule has 0 unspecified atom stereocenters. The van der Waals surface area contributed by atoms with Crippen LogP contribution in [0.5, 0.6) is 5.75 Å². The van der Waals surface area contributed by atoms with Gasteiger partial charge in [0.25, 0.3) is 5.91 Å². The topological polar surface area (TPSA) is 51.2 Å². The van der Waals surface area contributed by atoms with Gasteiger partial charge in [0.2, 0.25) is 0 Å². The van der Waals surface area contributed by atoms with Crippen molar-refractivity contribution in [3.63, 3.8) is 0 Å². The molecule has 158 valence electrons. The highest BCUT2D eigenvalue weighted by atomic mass is 35.5. The van der Waals surface area contributed by atoms with Crippen LogP contribution in [0.1, 0.15) is 12.5 Å². The molecule has 1 amide bonds. The highest BCUT2D eigenvalue weighted by Gasteiger charge is 2.17. The van der Waals surface area contributed by atoms with Gasteiger partial charge >= 0.3 is 0 Å². The first-order valence-corrected chi connectivity index (χ1v) is 12.0. The van der Waals surface area contributed by atoms with Gasteiger partial charge in [-0.1, -0.05) is 65.3 Å². The van der Waals surface area contributed by atoms with E-state index in [-0.39, 0.29) is 5.91 Å². The number of amides is 1. The van der Waals surface area contributed by atoms with Crippen molar-refractivity contribution in [2.24, 2.45) is 0 Å². The second-order valence-corrected chi connectivity index (χ2v) is 9.86. The van der Waals surface area contributed by atoms with Crippen LogP contribution >= 0.6 is 46.3 Å². The van der Waals surface area contributed by atoms with E-state index in [2.05, 4.69) is 22.4 Å². The SMILES string of the molecule is C[C@H](Oc1ccc(Cl)cc1Cl)C(=O)Nc1ccc2nc(SCc3ccccc3)sc2c1. The Balaban J connectivity index is 1.40. The average Bonchev–Trinajstić information content (AvgIpc) is 3.17. The Hall–Kier alpha value is -2.25. The second-order valence-electron chi connectivity index (χ2n) is 6.76. The van der Waals surface area contributed by atoms with E-state index in [9.17, 15) is 4.79 Å². The standard InChI is InChI=1S/C23H18Cl2N2O2S2/c1-14(29-20-10-7-16(24)11-18(20)25)22(28)26-17-8-9-19-21(12-17)31-23(27-19)30-13-15-5-3-2-4-6-15/h2-12,14H,13H2,1H3,(H,26,28)/t14-/m0/s1. The molecule has 31 heavy (non-hydrogen) atoms. The van der Waals surface area contributed by atoms with Crippen LogP contribution in [0.3, 0.4) is 0 Å². The first kappa shape index (κ1) is 22.0. The monoisotopic (exact) mass is 488 g/mol. The maximum atomic E-state index is 12.6. The van der Waals surface area contributed by atoms with Gasteiger partial charge in [-0.15, -0.1) is 11.3 Å². The molecule has 3 aromatic carbocycles. The first-order chi connectivity index (χ1) is 15.0. The Morgan fingerprint density at radius 1 is 1.13 bits per heavy atom. The van der Waals surface area contributed by atoms with Crippen molar-refractivity contribution in [1.82, 2.24) is 4.98 Å². The molecular weight excluding hydrogens is 471 g/mol. The van der Waals surface area contributed by atoms with Crippen LogP contribution in [0.4, 0.5) is 5.69 Å². The maximum Gasteiger partial charge on any atom is 0.265 e. The number of aromatic nitrogens is 1. The molecule has 1 aromatic heterocycles. The molecule has 0 aliphatic rings. The Kier molecular flexibility index (Phi) is 7.02. The third kappa shape index (κ3) is 5.71. The molecule has 0 aliphatic carbocycles. The predicted octanol–water partition coefficient (Wildman–Crippen LogP) is 7.30. The van der Waals surface area contributed by atoms with Crippen LogP contribution in [-0.4, -0.2) is 17.0 Å². The van der Waals surface area contributed by atoms with Gasteiger partial charge < -0.3 is 10.1 Å². The molecule has 0 saturated heterocycles. The van der Waals surface area contributed by atoms with Gasteiger partial charge in [0.05, 0.1) is 15.2 Å². The Bertz CT molecular complexity index is 1210. The van der Waals surface area contributed by atoms with E-state index >= 15 is 0 Å². The number of nitrogens with zero attached hydrogens (tertiary/aromatic N) is 1. The summed E-state index contributed by atoms with van der Waals surface area (Å²) in [4.78, 5) is 17.2. The zero-order valence-electron chi connectivity index (χ0n) is 16.5. The lowest BCUT2D eigenvalue weighted by Crippen LogP contribution is -2.30. The van der Waals surface area contributed by atoms with Gasteiger partial charge in [0, 0.05) is 16.5 Å². The third-order valence-electron chi connectivity index (χ3n) is 4.41. The molecule has 0 bridgehead atoms. The lowest BCUT2D eigenvalue weighted by molar-refractivity contribution is -0.122. The van der Waals surface area contributed by atoms with Crippen molar-refractivity contribution in [1.29, 1.82) is 0 Å². The summed E-state index contributed by atoms with van der Waals surface area (Å²) in [6, 6.07) is 20.9. The quantitative estimate of drug-likeness (QED) is 0.277. The highest BCUT2D eigenvalue weighted by Crippen LogP contribution is 2.33. The number of carbonyl (C=O) groups is 1. The summed E-state index contributed by atoms with van der Waals surface area (Å²) >= 11 is 15.3. The zero-order chi connectivity index (χ0) is 21.8. The number of anilines is 1. The largest absolute Gasteiger partial charge is 0.479 e. The molecule has 1 atom stereocenters. The highest BCUT2D eigenvalue weighted by molar-refractivity contribution is 8.00. The average molecular weight is 489 g/mol. The number of halogens is 2. The number of hydrogen-bond donors (Lipinski definition) is 1. The molecule has 0 spiro atoms. The van der Waals surface area contributed by atoms with Gasteiger partial charge in [-0.2, -0.15) is 0 Å². The van der Waals surface area contributed by atoms with Crippen LogP contribution in [0, 0.1) is 0 Å². The molecule has 8 heteroatoms. The fourth-order valence-corrected chi connectivity index (χ4v) is 5.34. The summed E-state index contributed by atoms with van der Waals surface area (Å²) in [6.45, 7) is 1.67. The number of nitrogens with one attached hydrogen (secondary N) is 1.